The molecule has 0 radical (unpaired) electrons. The molecule has 1 aliphatic rings. The average Bonchev–Trinajstić information content (AvgIpc) is 2.75. The van der Waals surface area contributed by atoms with Crippen LogP contribution in [0.1, 0.15) is 40.0 Å². The molecule has 2 amide bonds. The number of hydrogen-bond acceptors (Lipinski definition) is 5. The number of imide groups is 1. The highest BCUT2D eigenvalue weighted by atomic mass is 16.4. The summed E-state index contributed by atoms with van der Waals surface area (Å²) in [4.78, 5) is 47.6. The van der Waals surface area contributed by atoms with Crippen LogP contribution in [0, 0.1) is 0 Å². The Morgan fingerprint density at radius 2 is 1.91 bits per heavy atom. The molecule has 2 rings (SSSR count). The first-order valence-electron chi connectivity index (χ1n) is 7.01. The number of carbonyl (C=O) groups is 4. The summed E-state index contributed by atoms with van der Waals surface area (Å²) < 4.78 is 0. The van der Waals surface area contributed by atoms with Gasteiger partial charge in [-0.2, -0.15) is 0 Å². The molecule has 1 aromatic rings. The average molecular weight is 320 g/mol. The maximum absolute atomic E-state index is 12.5. The van der Waals surface area contributed by atoms with Gasteiger partial charge in [0.15, 0.2) is 0 Å². The van der Waals surface area contributed by atoms with Gasteiger partial charge in [0.2, 0.25) is 0 Å². The quantitative estimate of drug-likeness (QED) is 0.641. The van der Waals surface area contributed by atoms with Gasteiger partial charge in [-0.15, -0.1) is 0 Å². The number of hydrogen-bond donors (Lipinski definition) is 3. The zero-order chi connectivity index (χ0) is 17.1. The predicted molar refractivity (Wildman–Crippen MR) is 79.4 cm³/mol. The second kappa shape index (κ2) is 6.47. The Bertz CT molecular complexity index is 685. The highest BCUT2D eigenvalue weighted by Crippen LogP contribution is 2.31. The Labute approximate surface area is 131 Å². The highest BCUT2D eigenvalue weighted by Gasteiger charge is 2.43. The van der Waals surface area contributed by atoms with Crippen LogP contribution in [-0.2, 0) is 9.59 Å². The van der Waals surface area contributed by atoms with Crippen molar-refractivity contribution >= 4 is 29.4 Å². The normalized spacial score (nSPS) is 14.6. The Hall–Kier alpha value is -2.90. The van der Waals surface area contributed by atoms with E-state index in [1.54, 1.807) is 19.2 Å². The number of aliphatic carboxylic acids is 2. The minimum atomic E-state index is -1.38. The first-order valence-corrected chi connectivity index (χ1v) is 7.01. The lowest BCUT2D eigenvalue weighted by Crippen LogP contribution is -2.44. The van der Waals surface area contributed by atoms with Crippen molar-refractivity contribution in [2.45, 2.75) is 25.3 Å². The minimum absolute atomic E-state index is 0.0542. The number of amides is 2. The molecule has 1 unspecified atom stereocenters. The van der Waals surface area contributed by atoms with Crippen molar-refractivity contribution in [2.75, 3.05) is 12.4 Å². The van der Waals surface area contributed by atoms with Gasteiger partial charge in [0, 0.05) is 19.2 Å². The number of carboxylic acid groups (broad SMARTS) is 2. The molecule has 122 valence electrons. The second-order valence-electron chi connectivity index (χ2n) is 5.10. The molecule has 0 fully saturated rings. The third kappa shape index (κ3) is 3.01. The van der Waals surface area contributed by atoms with Gasteiger partial charge in [0.25, 0.3) is 11.8 Å². The molecule has 0 saturated heterocycles. The summed E-state index contributed by atoms with van der Waals surface area (Å²) >= 11 is 0. The molecular weight excluding hydrogens is 304 g/mol. The van der Waals surface area contributed by atoms with Crippen LogP contribution >= 0.6 is 0 Å². The Morgan fingerprint density at radius 3 is 2.48 bits per heavy atom. The summed E-state index contributed by atoms with van der Waals surface area (Å²) in [5.41, 5.74) is 0.730. The van der Waals surface area contributed by atoms with Crippen molar-refractivity contribution in [3.05, 3.63) is 29.3 Å². The molecule has 0 spiro atoms. The molecule has 0 aliphatic carbocycles. The lowest BCUT2D eigenvalue weighted by molar-refractivity contribution is -0.142. The number of carboxylic acids is 2. The first kappa shape index (κ1) is 16.5. The van der Waals surface area contributed by atoms with Crippen LogP contribution < -0.4 is 5.32 Å². The van der Waals surface area contributed by atoms with Crippen LogP contribution in [0.2, 0.25) is 0 Å². The summed E-state index contributed by atoms with van der Waals surface area (Å²) in [6.45, 7) is 0. The van der Waals surface area contributed by atoms with Gasteiger partial charge in [0.05, 0.1) is 11.1 Å². The van der Waals surface area contributed by atoms with Gasteiger partial charge in [-0.25, -0.2) is 4.79 Å². The van der Waals surface area contributed by atoms with Crippen molar-refractivity contribution in [1.29, 1.82) is 0 Å². The highest BCUT2D eigenvalue weighted by molar-refractivity contribution is 6.24. The van der Waals surface area contributed by atoms with E-state index in [9.17, 15) is 24.3 Å². The van der Waals surface area contributed by atoms with Gasteiger partial charge in [-0.3, -0.25) is 19.3 Å². The molecule has 0 bridgehead atoms. The van der Waals surface area contributed by atoms with Crippen LogP contribution in [0.25, 0.3) is 0 Å². The van der Waals surface area contributed by atoms with E-state index in [-0.39, 0.29) is 30.4 Å². The predicted octanol–water partition coefficient (Wildman–Crippen LogP) is 1.03. The zero-order valence-corrected chi connectivity index (χ0v) is 12.4. The van der Waals surface area contributed by atoms with Crippen LogP contribution in [0.5, 0.6) is 0 Å². The number of benzene rings is 1. The summed E-state index contributed by atoms with van der Waals surface area (Å²) in [5, 5.41) is 20.8. The van der Waals surface area contributed by atoms with Crippen molar-refractivity contribution < 1.29 is 29.4 Å². The Kier molecular flexibility index (Phi) is 4.63. The SMILES string of the molecule is CNc1cccc2c1C(=O)N(C(CCCC(=O)O)C(=O)O)C2=O. The number of rotatable bonds is 7. The topological polar surface area (TPSA) is 124 Å². The number of nitrogens with zero attached hydrogens (tertiary/aromatic N) is 1. The monoisotopic (exact) mass is 320 g/mol. The fourth-order valence-corrected chi connectivity index (χ4v) is 2.60. The van der Waals surface area contributed by atoms with E-state index >= 15 is 0 Å². The van der Waals surface area contributed by atoms with Gasteiger partial charge in [0.1, 0.15) is 6.04 Å². The van der Waals surface area contributed by atoms with Crippen LogP contribution in [0.3, 0.4) is 0 Å². The van der Waals surface area contributed by atoms with E-state index in [1.807, 2.05) is 0 Å². The standard InChI is InChI=1S/C15H16N2O6/c1-16-9-5-2-4-8-12(9)14(21)17(13(8)20)10(15(22)23)6-3-7-11(18)19/h2,4-5,10,16H,3,6-7H2,1H3,(H,18,19)(H,22,23). The summed E-state index contributed by atoms with van der Waals surface area (Å²) in [7, 11) is 1.59. The fourth-order valence-electron chi connectivity index (χ4n) is 2.60. The smallest absolute Gasteiger partial charge is 0.326 e. The fraction of sp³-hybridized carbons (Fsp3) is 0.333. The number of nitrogens with one attached hydrogen (secondary N) is 1. The number of fused-ring (bicyclic) bond motifs is 1. The molecule has 1 aromatic carbocycles. The summed E-state index contributed by atoms with van der Waals surface area (Å²) in [5.74, 6) is -3.76. The van der Waals surface area contributed by atoms with Gasteiger partial charge in [-0.1, -0.05) is 6.07 Å². The molecular formula is C15H16N2O6. The van der Waals surface area contributed by atoms with Crippen molar-refractivity contribution in [3.8, 4) is 0 Å². The third-order valence-electron chi connectivity index (χ3n) is 3.68. The molecule has 1 heterocycles. The molecule has 0 aromatic heterocycles. The molecule has 3 N–H and O–H groups in total. The van der Waals surface area contributed by atoms with Crippen molar-refractivity contribution in [3.63, 3.8) is 0 Å². The van der Waals surface area contributed by atoms with Crippen molar-refractivity contribution in [2.24, 2.45) is 0 Å². The maximum Gasteiger partial charge on any atom is 0.326 e. The second-order valence-corrected chi connectivity index (χ2v) is 5.10. The first-order chi connectivity index (χ1) is 10.9. The van der Waals surface area contributed by atoms with Gasteiger partial charge in [-0.05, 0) is 25.0 Å². The van der Waals surface area contributed by atoms with Gasteiger partial charge < -0.3 is 15.5 Å². The van der Waals surface area contributed by atoms with E-state index in [0.29, 0.717) is 10.6 Å². The number of anilines is 1. The van der Waals surface area contributed by atoms with E-state index < -0.39 is 29.8 Å². The molecule has 0 saturated carbocycles. The summed E-state index contributed by atoms with van der Waals surface area (Å²) in [6.07, 6.45) is -0.282. The van der Waals surface area contributed by atoms with Gasteiger partial charge >= 0.3 is 11.9 Å². The third-order valence-corrected chi connectivity index (χ3v) is 3.68. The lowest BCUT2D eigenvalue weighted by atomic mass is 10.1. The molecule has 1 atom stereocenters. The van der Waals surface area contributed by atoms with E-state index in [0.717, 1.165) is 0 Å². The Balaban J connectivity index is 2.32. The lowest BCUT2D eigenvalue weighted by Gasteiger charge is -2.22. The molecule has 1 aliphatic heterocycles. The van der Waals surface area contributed by atoms with E-state index in [2.05, 4.69) is 5.32 Å². The largest absolute Gasteiger partial charge is 0.481 e. The number of carbonyl (C=O) groups excluding carboxylic acids is 2. The van der Waals surface area contributed by atoms with E-state index in [1.165, 1.54) is 6.07 Å². The summed E-state index contributed by atoms with van der Waals surface area (Å²) in [6, 6.07) is 3.30. The van der Waals surface area contributed by atoms with E-state index in [4.69, 9.17) is 5.11 Å². The van der Waals surface area contributed by atoms with Crippen LogP contribution in [-0.4, -0.2) is 52.0 Å². The molecule has 23 heavy (non-hydrogen) atoms. The molecule has 8 nitrogen and oxygen atoms in total. The molecule has 8 heteroatoms. The minimum Gasteiger partial charge on any atom is -0.481 e. The van der Waals surface area contributed by atoms with Crippen LogP contribution in [0.4, 0.5) is 5.69 Å². The maximum atomic E-state index is 12.5. The van der Waals surface area contributed by atoms with Crippen molar-refractivity contribution in [1.82, 2.24) is 4.90 Å². The van der Waals surface area contributed by atoms with Crippen LogP contribution in [0.15, 0.2) is 18.2 Å². The zero-order valence-electron chi connectivity index (χ0n) is 12.4. The Morgan fingerprint density at radius 1 is 1.22 bits per heavy atom.